The second kappa shape index (κ2) is 7.20. The molecule has 0 aromatic heterocycles. The molecule has 1 rings (SSSR count). The lowest BCUT2D eigenvalue weighted by Gasteiger charge is -2.37. The van der Waals surface area contributed by atoms with E-state index in [4.69, 9.17) is 4.74 Å². The van der Waals surface area contributed by atoms with Gasteiger partial charge in [-0.1, -0.05) is 19.8 Å². The lowest BCUT2D eigenvalue weighted by molar-refractivity contribution is 0.00776. The maximum absolute atomic E-state index is 9.94. The summed E-state index contributed by atoms with van der Waals surface area (Å²) in [4.78, 5) is 2.36. The standard InChI is InChI=1S/C12H25NO2/c1-3-13(9-10-15-4-2)11-7-5-6-8-12(11)14/h11-12,14H,3-10H2,1-2H3. The minimum Gasteiger partial charge on any atom is -0.391 e. The molecular formula is C12H25NO2. The van der Waals surface area contributed by atoms with Gasteiger partial charge in [0.25, 0.3) is 0 Å². The Morgan fingerprint density at radius 3 is 2.60 bits per heavy atom. The van der Waals surface area contributed by atoms with Crippen molar-refractivity contribution in [3.63, 3.8) is 0 Å². The molecule has 1 N–H and O–H groups in total. The summed E-state index contributed by atoms with van der Waals surface area (Å²) in [6.07, 6.45) is 4.42. The summed E-state index contributed by atoms with van der Waals surface area (Å²) in [6.45, 7) is 7.71. The zero-order valence-electron chi connectivity index (χ0n) is 10.1. The van der Waals surface area contributed by atoms with Crippen LogP contribution in [0.5, 0.6) is 0 Å². The van der Waals surface area contributed by atoms with Crippen molar-refractivity contribution in [2.45, 2.75) is 51.7 Å². The smallest absolute Gasteiger partial charge is 0.0695 e. The van der Waals surface area contributed by atoms with E-state index in [0.717, 1.165) is 39.1 Å². The van der Waals surface area contributed by atoms with Crippen LogP contribution in [-0.2, 0) is 4.74 Å². The number of likely N-dealkylation sites (N-methyl/N-ethyl adjacent to an activating group) is 1. The molecule has 90 valence electrons. The van der Waals surface area contributed by atoms with Gasteiger partial charge in [-0.3, -0.25) is 4.90 Å². The second-order valence-corrected chi connectivity index (χ2v) is 4.24. The third-order valence-electron chi connectivity index (χ3n) is 3.30. The first kappa shape index (κ1) is 12.9. The van der Waals surface area contributed by atoms with Crippen molar-refractivity contribution in [1.29, 1.82) is 0 Å². The molecule has 3 heteroatoms. The second-order valence-electron chi connectivity index (χ2n) is 4.24. The average molecular weight is 215 g/mol. The van der Waals surface area contributed by atoms with Gasteiger partial charge in [-0.2, -0.15) is 0 Å². The molecule has 1 aliphatic carbocycles. The van der Waals surface area contributed by atoms with E-state index in [1.807, 2.05) is 6.92 Å². The molecule has 0 heterocycles. The lowest BCUT2D eigenvalue weighted by atomic mass is 9.91. The maximum Gasteiger partial charge on any atom is 0.0695 e. The number of hydrogen-bond acceptors (Lipinski definition) is 3. The summed E-state index contributed by atoms with van der Waals surface area (Å²) < 4.78 is 5.37. The van der Waals surface area contributed by atoms with E-state index in [0.29, 0.717) is 6.04 Å². The van der Waals surface area contributed by atoms with Gasteiger partial charge in [-0.05, 0) is 26.3 Å². The Labute approximate surface area is 93.4 Å². The predicted octanol–water partition coefficient (Wildman–Crippen LogP) is 1.65. The van der Waals surface area contributed by atoms with E-state index in [1.54, 1.807) is 0 Å². The van der Waals surface area contributed by atoms with Crippen LogP contribution in [0.3, 0.4) is 0 Å². The van der Waals surface area contributed by atoms with E-state index in [9.17, 15) is 5.11 Å². The lowest BCUT2D eigenvalue weighted by Crippen LogP contribution is -2.46. The third-order valence-corrected chi connectivity index (χ3v) is 3.30. The van der Waals surface area contributed by atoms with Gasteiger partial charge in [0.1, 0.15) is 0 Å². The summed E-state index contributed by atoms with van der Waals surface area (Å²) in [5, 5.41) is 9.94. The number of aliphatic hydroxyl groups excluding tert-OH is 1. The van der Waals surface area contributed by atoms with Gasteiger partial charge in [0.2, 0.25) is 0 Å². The van der Waals surface area contributed by atoms with E-state index in [2.05, 4.69) is 11.8 Å². The molecule has 0 spiro atoms. The molecule has 0 amide bonds. The quantitative estimate of drug-likeness (QED) is 0.684. The van der Waals surface area contributed by atoms with Crippen LogP contribution in [-0.4, -0.2) is 48.5 Å². The van der Waals surface area contributed by atoms with Crippen molar-refractivity contribution in [1.82, 2.24) is 4.90 Å². The summed E-state index contributed by atoms with van der Waals surface area (Å²) in [7, 11) is 0. The minimum atomic E-state index is -0.125. The number of hydrogen-bond donors (Lipinski definition) is 1. The monoisotopic (exact) mass is 215 g/mol. The Morgan fingerprint density at radius 2 is 2.00 bits per heavy atom. The molecule has 0 aromatic rings. The van der Waals surface area contributed by atoms with Crippen LogP contribution in [0, 0.1) is 0 Å². The third kappa shape index (κ3) is 4.09. The number of ether oxygens (including phenoxy) is 1. The van der Waals surface area contributed by atoms with E-state index in [-0.39, 0.29) is 6.10 Å². The highest BCUT2D eigenvalue weighted by Gasteiger charge is 2.27. The van der Waals surface area contributed by atoms with Gasteiger partial charge in [0, 0.05) is 19.2 Å². The molecule has 2 unspecified atom stereocenters. The molecule has 2 atom stereocenters. The van der Waals surface area contributed by atoms with Crippen molar-refractivity contribution in [2.24, 2.45) is 0 Å². The van der Waals surface area contributed by atoms with Gasteiger partial charge in [-0.25, -0.2) is 0 Å². The number of nitrogens with zero attached hydrogens (tertiary/aromatic N) is 1. The molecular weight excluding hydrogens is 190 g/mol. The summed E-state index contributed by atoms with van der Waals surface area (Å²) in [5.74, 6) is 0. The fourth-order valence-corrected chi connectivity index (χ4v) is 2.40. The maximum atomic E-state index is 9.94. The summed E-state index contributed by atoms with van der Waals surface area (Å²) >= 11 is 0. The SMILES string of the molecule is CCOCCN(CC)C1CCCCC1O. The molecule has 0 radical (unpaired) electrons. The zero-order chi connectivity index (χ0) is 11.1. The highest BCUT2D eigenvalue weighted by Crippen LogP contribution is 2.22. The van der Waals surface area contributed by atoms with E-state index in [1.165, 1.54) is 12.8 Å². The highest BCUT2D eigenvalue weighted by molar-refractivity contribution is 4.82. The zero-order valence-corrected chi connectivity index (χ0v) is 10.1. The Kier molecular flexibility index (Phi) is 6.22. The summed E-state index contributed by atoms with van der Waals surface area (Å²) in [6, 6.07) is 0.365. The fourth-order valence-electron chi connectivity index (χ4n) is 2.40. The predicted molar refractivity (Wildman–Crippen MR) is 62.0 cm³/mol. The van der Waals surface area contributed by atoms with Gasteiger partial charge in [0.15, 0.2) is 0 Å². The highest BCUT2D eigenvalue weighted by atomic mass is 16.5. The molecule has 1 aliphatic rings. The van der Waals surface area contributed by atoms with Crippen LogP contribution in [0.2, 0.25) is 0 Å². The Morgan fingerprint density at radius 1 is 1.27 bits per heavy atom. The number of rotatable bonds is 6. The molecule has 0 bridgehead atoms. The Bertz CT molecular complexity index is 164. The van der Waals surface area contributed by atoms with Crippen LogP contribution in [0.4, 0.5) is 0 Å². The Balaban J connectivity index is 2.34. The van der Waals surface area contributed by atoms with Crippen LogP contribution in [0.25, 0.3) is 0 Å². The molecule has 15 heavy (non-hydrogen) atoms. The molecule has 1 saturated carbocycles. The average Bonchev–Trinajstić information content (AvgIpc) is 2.26. The van der Waals surface area contributed by atoms with Crippen molar-refractivity contribution in [2.75, 3.05) is 26.3 Å². The summed E-state index contributed by atoms with van der Waals surface area (Å²) in [5.41, 5.74) is 0. The minimum absolute atomic E-state index is 0.125. The molecule has 0 aliphatic heterocycles. The topological polar surface area (TPSA) is 32.7 Å². The van der Waals surface area contributed by atoms with Crippen LogP contribution >= 0.6 is 0 Å². The normalized spacial score (nSPS) is 27.2. The van der Waals surface area contributed by atoms with Crippen molar-refractivity contribution >= 4 is 0 Å². The van der Waals surface area contributed by atoms with Gasteiger partial charge in [0.05, 0.1) is 12.7 Å². The van der Waals surface area contributed by atoms with Gasteiger partial charge < -0.3 is 9.84 Å². The van der Waals surface area contributed by atoms with Gasteiger partial charge in [-0.15, -0.1) is 0 Å². The van der Waals surface area contributed by atoms with Crippen LogP contribution < -0.4 is 0 Å². The van der Waals surface area contributed by atoms with Crippen LogP contribution in [0.1, 0.15) is 39.5 Å². The van der Waals surface area contributed by atoms with E-state index >= 15 is 0 Å². The van der Waals surface area contributed by atoms with E-state index < -0.39 is 0 Å². The van der Waals surface area contributed by atoms with Crippen molar-refractivity contribution in [3.05, 3.63) is 0 Å². The first-order chi connectivity index (χ1) is 7.29. The van der Waals surface area contributed by atoms with Gasteiger partial charge >= 0.3 is 0 Å². The van der Waals surface area contributed by atoms with Crippen molar-refractivity contribution in [3.8, 4) is 0 Å². The van der Waals surface area contributed by atoms with Crippen molar-refractivity contribution < 1.29 is 9.84 Å². The first-order valence-corrected chi connectivity index (χ1v) is 6.29. The molecule has 1 fully saturated rings. The fraction of sp³-hybridized carbons (Fsp3) is 1.00. The largest absolute Gasteiger partial charge is 0.391 e. The Hall–Kier alpha value is -0.120. The van der Waals surface area contributed by atoms with Crippen LogP contribution in [0.15, 0.2) is 0 Å². The number of aliphatic hydroxyl groups is 1. The molecule has 0 aromatic carbocycles. The molecule has 3 nitrogen and oxygen atoms in total. The molecule has 0 saturated heterocycles. The first-order valence-electron chi connectivity index (χ1n) is 6.29.